The van der Waals surface area contributed by atoms with Gasteiger partial charge in [0.2, 0.25) is 0 Å². The predicted octanol–water partition coefficient (Wildman–Crippen LogP) is 9.49. The molecule has 1 aliphatic rings. The number of hydrogen-bond acceptors (Lipinski definition) is 3. The summed E-state index contributed by atoms with van der Waals surface area (Å²) in [6.45, 7) is 8.36. The molecule has 1 aromatic heterocycles. The maximum absolute atomic E-state index is 13.4. The average molecular weight is 515 g/mol. The molecule has 0 radical (unpaired) electrons. The van der Waals surface area contributed by atoms with Gasteiger partial charge in [0.05, 0.1) is 28.8 Å². The van der Waals surface area contributed by atoms with Gasteiger partial charge >= 0.3 is 0 Å². The molecule has 1 aliphatic carbocycles. The van der Waals surface area contributed by atoms with Crippen LogP contribution in [0.25, 0.3) is 11.3 Å². The van der Waals surface area contributed by atoms with Gasteiger partial charge in [0.15, 0.2) is 6.29 Å². The number of carbonyl (C=O) groups excluding carboxylic acids is 1. The molecule has 0 saturated carbocycles. The molecule has 1 heterocycles. The van der Waals surface area contributed by atoms with Crippen molar-refractivity contribution in [2.24, 2.45) is 5.92 Å². The van der Waals surface area contributed by atoms with Crippen LogP contribution in [0.15, 0.2) is 72.6 Å². The molecule has 0 N–H and O–H groups in total. The first-order chi connectivity index (χ1) is 18.6. The highest BCUT2D eigenvalue weighted by Crippen LogP contribution is 2.28. The van der Waals surface area contributed by atoms with Crippen molar-refractivity contribution in [1.82, 2.24) is 4.98 Å². The lowest BCUT2D eigenvalue weighted by molar-refractivity contribution is 0.112. The second-order valence-electron chi connectivity index (χ2n) is 9.19. The summed E-state index contributed by atoms with van der Waals surface area (Å²) in [7, 11) is 0. The SMILES string of the molecule is CC.CCc1ccc(CC)cc1.N#Cc1ccccc1-c1ccc(C=O)c(CCCC2C=C(F)CCC2)n1.[HH]. The van der Waals surface area contributed by atoms with Crippen molar-refractivity contribution in [3.8, 4) is 17.3 Å². The molecule has 2 aromatic carbocycles. The van der Waals surface area contributed by atoms with Crippen LogP contribution in [-0.2, 0) is 19.3 Å². The Bertz CT molecular complexity index is 1190. The molecule has 3 aromatic rings. The van der Waals surface area contributed by atoms with Crippen molar-refractivity contribution in [2.75, 3.05) is 0 Å². The summed E-state index contributed by atoms with van der Waals surface area (Å²) in [6.07, 6.45) is 9.77. The van der Waals surface area contributed by atoms with E-state index in [0.29, 0.717) is 29.7 Å². The fraction of sp³-hybridized carbons (Fsp3) is 0.382. The first kappa shape index (κ1) is 30.6. The Balaban J connectivity index is 0.000000493. The van der Waals surface area contributed by atoms with E-state index < -0.39 is 0 Å². The van der Waals surface area contributed by atoms with Crippen LogP contribution in [0.5, 0.6) is 0 Å². The lowest BCUT2D eigenvalue weighted by Gasteiger charge is -2.17. The second kappa shape index (κ2) is 17.0. The number of pyridine rings is 1. The lowest BCUT2D eigenvalue weighted by atomic mass is 9.90. The molecule has 4 heteroatoms. The standard InChI is InChI=1S/C22H21FN2O.C10H14.C2H6.H2/c23-19-8-3-5-16(13-19)6-4-10-21-18(15-26)11-12-22(25-21)20-9-2-1-7-17(20)14-24;1-3-9-5-7-10(4-2)8-6-9;1-2;/h1-2,7,9,11-13,15-16H,3-6,8,10H2;5-8H,3-4H2,1-2H3;1-2H3;1H. The number of allylic oxidation sites excluding steroid dienone is 2. The molecule has 0 amide bonds. The Labute approximate surface area is 229 Å². The second-order valence-corrected chi connectivity index (χ2v) is 9.19. The molecule has 0 aliphatic heterocycles. The van der Waals surface area contributed by atoms with Crippen LogP contribution in [-0.4, -0.2) is 11.3 Å². The first-order valence-electron chi connectivity index (χ1n) is 14.0. The van der Waals surface area contributed by atoms with Gasteiger partial charge in [0.25, 0.3) is 0 Å². The number of aryl methyl sites for hydroxylation is 3. The van der Waals surface area contributed by atoms with Crippen LogP contribution >= 0.6 is 0 Å². The van der Waals surface area contributed by atoms with E-state index >= 15 is 0 Å². The summed E-state index contributed by atoms with van der Waals surface area (Å²) >= 11 is 0. The lowest BCUT2D eigenvalue weighted by Crippen LogP contribution is -2.05. The predicted molar refractivity (Wildman–Crippen MR) is 158 cm³/mol. The number of nitriles is 1. The molecule has 1 unspecified atom stereocenters. The summed E-state index contributed by atoms with van der Waals surface area (Å²) in [4.78, 5) is 16.0. The minimum Gasteiger partial charge on any atom is -0.298 e. The first-order valence-corrected chi connectivity index (χ1v) is 14.0. The molecule has 0 fully saturated rings. The Kier molecular flexibility index (Phi) is 13.7. The maximum atomic E-state index is 13.4. The normalized spacial score (nSPS) is 14.1. The zero-order valence-corrected chi connectivity index (χ0v) is 23.3. The molecular weight excluding hydrogens is 471 g/mol. The number of aromatic nitrogens is 1. The maximum Gasteiger partial charge on any atom is 0.151 e. The van der Waals surface area contributed by atoms with Crippen LogP contribution in [0.3, 0.4) is 0 Å². The smallest absolute Gasteiger partial charge is 0.151 e. The van der Waals surface area contributed by atoms with E-state index in [-0.39, 0.29) is 13.2 Å². The van der Waals surface area contributed by atoms with Gasteiger partial charge in [0.1, 0.15) is 0 Å². The Morgan fingerprint density at radius 2 is 1.68 bits per heavy atom. The van der Waals surface area contributed by atoms with Crippen molar-refractivity contribution in [2.45, 2.75) is 79.1 Å². The van der Waals surface area contributed by atoms with Gasteiger partial charge in [0, 0.05) is 12.6 Å². The summed E-state index contributed by atoms with van der Waals surface area (Å²) in [6, 6.07) is 21.9. The van der Waals surface area contributed by atoms with E-state index in [1.165, 1.54) is 11.1 Å². The molecule has 0 saturated heterocycles. The number of benzene rings is 2. The zero-order chi connectivity index (χ0) is 27.8. The van der Waals surface area contributed by atoms with Crippen molar-refractivity contribution < 1.29 is 10.6 Å². The molecule has 0 bridgehead atoms. The molecule has 4 rings (SSSR count). The summed E-state index contributed by atoms with van der Waals surface area (Å²) in [5.41, 5.74) is 6.21. The van der Waals surface area contributed by atoms with Crippen LogP contribution in [0.1, 0.15) is 94.0 Å². The van der Waals surface area contributed by atoms with E-state index in [1.54, 1.807) is 24.3 Å². The molecule has 3 nitrogen and oxygen atoms in total. The Hall–Kier alpha value is -3.58. The van der Waals surface area contributed by atoms with E-state index in [0.717, 1.165) is 56.1 Å². The average Bonchev–Trinajstić information content (AvgIpc) is 2.98. The van der Waals surface area contributed by atoms with Crippen molar-refractivity contribution in [1.29, 1.82) is 5.26 Å². The number of carbonyl (C=O) groups is 1. The van der Waals surface area contributed by atoms with Crippen LogP contribution in [0.2, 0.25) is 0 Å². The number of hydrogen-bond donors (Lipinski definition) is 0. The topological polar surface area (TPSA) is 53.8 Å². The fourth-order valence-electron chi connectivity index (χ4n) is 4.50. The minimum absolute atomic E-state index is 0. The summed E-state index contributed by atoms with van der Waals surface area (Å²) in [5.74, 6) is 0.286. The van der Waals surface area contributed by atoms with Crippen molar-refractivity contribution in [3.63, 3.8) is 0 Å². The van der Waals surface area contributed by atoms with Gasteiger partial charge < -0.3 is 0 Å². The van der Waals surface area contributed by atoms with Crippen LogP contribution < -0.4 is 0 Å². The third-order valence-corrected chi connectivity index (χ3v) is 6.69. The molecule has 1 atom stereocenters. The van der Waals surface area contributed by atoms with Crippen LogP contribution in [0, 0.1) is 17.2 Å². The number of nitrogens with zero attached hydrogens (tertiary/aromatic N) is 2. The highest BCUT2D eigenvalue weighted by Gasteiger charge is 2.15. The Morgan fingerprint density at radius 3 is 2.26 bits per heavy atom. The van der Waals surface area contributed by atoms with Crippen LogP contribution in [0.4, 0.5) is 4.39 Å². The third-order valence-electron chi connectivity index (χ3n) is 6.69. The Morgan fingerprint density at radius 1 is 1.03 bits per heavy atom. The summed E-state index contributed by atoms with van der Waals surface area (Å²) in [5, 5.41) is 9.29. The van der Waals surface area contributed by atoms with Gasteiger partial charge in [-0.25, -0.2) is 4.39 Å². The van der Waals surface area contributed by atoms with E-state index in [4.69, 9.17) is 0 Å². The fourth-order valence-corrected chi connectivity index (χ4v) is 4.50. The third kappa shape index (κ3) is 9.38. The van der Waals surface area contributed by atoms with Gasteiger partial charge in [-0.05, 0) is 92.7 Å². The monoisotopic (exact) mass is 514 g/mol. The number of halogens is 1. The quantitative estimate of drug-likeness (QED) is 0.281. The van der Waals surface area contributed by atoms with E-state index in [2.05, 4.69) is 49.2 Å². The van der Waals surface area contributed by atoms with E-state index in [9.17, 15) is 14.4 Å². The summed E-state index contributed by atoms with van der Waals surface area (Å²) < 4.78 is 13.4. The molecule has 202 valence electrons. The highest BCUT2D eigenvalue weighted by atomic mass is 19.1. The number of rotatable bonds is 8. The van der Waals surface area contributed by atoms with Crippen molar-refractivity contribution in [3.05, 3.63) is 101 Å². The molecule has 0 spiro atoms. The van der Waals surface area contributed by atoms with Gasteiger partial charge in [-0.2, -0.15) is 5.26 Å². The molecule has 38 heavy (non-hydrogen) atoms. The zero-order valence-electron chi connectivity index (χ0n) is 23.3. The van der Waals surface area contributed by atoms with Gasteiger partial charge in [-0.1, -0.05) is 70.2 Å². The van der Waals surface area contributed by atoms with E-state index in [1.807, 2.05) is 32.0 Å². The minimum atomic E-state index is 0. The largest absolute Gasteiger partial charge is 0.298 e. The molecular formula is C34H43FN2O. The highest BCUT2D eigenvalue weighted by molar-refractivity contribution is 5.78. The van der Waals surface area contributed by atoms with Gasteiger partial charge in [-0.15, -0.1) is 0 Å². The number of aldehydes is 1. The van der Waals surface area contributed by atoms with Gasteiger partial charge in [-0.3, -0.25) is 9.78 Å². The van der Waals surface area contributed by atoms with Crippen molar-refractivity contribution >= 4 is 6.29 Å².